The third-order valence-electron chi connectivity index (χ3n) is 2.46. The molecule has 0 radical (unpaired) electrons. The van der Waals surface area contributed by atoms with E-state index in [2.05, 4.69) is 4.98 Å². The number of aromatic nitrogens is 1. The molecule has 0 saturated heterocycles. The van der Waals surface area contributed by atoms with E-state index in [4.69, 9.17) is 11.6 Å². The van der Waals surface area contributed by atoms with Crippen LogP contribution in [0.25, 0.3) is 0 Å². The lowest BCUT2D eigenvalue weighted by molar-refractivity contribution is -0.137. The van der Waals surface area contributed by atoms with Gasteiger partial charge in [0.15, 0.2) is 5.03 Å². The zero-order valence-corrected chi connectivity index (χ0v) is 11.3. The van der Waals surface area contributed by atoms with E-state index >= 15 is 0 Å². The van der Waals surface area contributed by atoms with Crippen LogP contribution in [-0.4, -0.2) is 13.4 Å². The van der Waals surface area contributed by atoms with Crippen LogP contribution in [0, 0.1) is 0 Å². The van der Waals surface area contributed by atoms with Crippen LogP contribution in [0.4, 0.5) is 13.2 Å². The molecule has 0 fully saturated rings. The molecule has 2 aromatic rings. The first-order chi connectivity index (χ1) is 9.21. The van der Waals surface area contributed by atoms with Crippen molar-refractivity contribution in [2.45, 2.75) is 16.1 Å². The normalized spacial score (nSPS) is 12.4. The van der Waals surface area contributed by atoms with E-state index in [0.717, 1.165) is 6.07 Å². The molecule has 8 heteroatoms. The molecule has 1 heterocycles. The summed E-state index contributed by atoms with van der Waals surface area (Å²) in [6.07, 6.45) is -4.07. The number of halogens is 4. The van der Waals surface area contributed by atoms with E-state index in [9.17, 15) is 21.6 Å². The lowest BCUT2D eigenvalue weighted by Gasteiger charge is -2.07. The Balaban J connectivity index is 2.42. The van der Waals surface area contributed by atoms with Crippen molar-refractivity contribution >= 4 is 21.4 Å². The van der Waals surface area contributed by atoms with Gasteiger partial charge in [-0.05, 0) is 36.4 Å². The van der Waals surface area contributed by atoms with Gasteiger partial charge in [0.2, 0.25) is 9.84 Å². The van der Waals surface area contributed by atoms with Gasteiger partial charge in [-0.25, -0.2) is 13.4 Å². The second-order valence-corrected chi connectivity index (χ2v) is 6.17. The molecular formula is C12H7ClF3NO2S. The largest absolute Gasteiger partial charge is 0.417 e. The summed E-state index contributed by atoms with van der Waals surface area (Å²) < 4.78 is 61.4. The number of nitrogens with zero attached hydrogens (tertiary/aromatic N) is 1. The molecule has 0 spiro atoms. The van der Waals surface area contributed by atoms with Gasteiger partial charge >= 0.3 is 6.18 Å². The van der Waals surface area contributed by atoms with E-state index in [-0.39, 0.29) is 4.90 Å². The molecule has 0 aliphatic rings. The second kappa shape index (κ2) is 5.06. The molecule has 1 aromatic carbocycles. The number of benzene rings is 1. The van der Waals surface area contributed by atoms with Gasteiger partial charge in [0, 0.05) is 11.2 Å². The quantitative estimate of drug-likeness (QED) is 0.849. The predicted molar refractivity (Wildman–Crippen MR) is 66.1 cm³/mol. The van der Waals surface area contributed by atoms with Crippen LogP contribution in [0.15, 0.2) is 52.5 Å². The molecule has 0 aliphatic carbocycles. The van der Waals surface area contributed by atoms with Crippen molar-refractivity contribution in [1.29, 1.82) is 0 Å². The molecule has 3 nitrogen and oxygen atoms in total. The number of pyridine rings is 1. The standard InChI is InChI=1S/C12H7ClF3NO2S/c13-9-2-4-10(5-3-9)20(18,19)11-6-1-8(7-17-11)12(14,15)16/h1-7H. The first-order valence-corrected chi connectivity index (χ1v) is 7.11. The van der Waals surface area contributed by atoms with Crippen LogP contribution in [-0.2, 0) is 16.0 Å². The maximum absolute atomic E-state index is 12.4. The summed E-state index contributed by atoms with van der Waals surface area (Å²) >= 11 is 5.64. The number of alkyl halides is 3. The minimum atomic E-state index is -4.56. The molecule has 106 valence electrons. The third kappa shape index (κ3) is 2.94. The highest BCUT2D eigenvalue weighted by Gasteiger charge is 2.31. The van der Waals surface area contributed by atoms with E-state index in [0.29, 0.717) is 17.3 Å². The highest BCUT2D eigenvalue weighted by molar-refractivity contribution is 7.91. The van der Waals surface area contributed by atoms with Crippen LogP contribution < -0.4 is 0 Å². The van der Waals surface area contributed by atoms with Crippen molar-refractivity contribution in [2.24, 2.45) is 0 Å². The molecule has 0 aliphatic heterocycles. The Hall–Kier alpha value is -1.60. The van der Waals surface area contributed by atoms with Gasteiger partial charge in [-0.15, -0.1) is 0 Å². The highest BCUT2D eigenvalue weighted by Crippen LogP contribution is 2.29. The molecular weight excluding hydrogens is 315 g/mol. The fraction of sp³-hybridized carbons (Fsp3) is 0.0833. The van der Waals surface area contributed by atoms with Crippen LogP contribution in [0.2, 0.25) is 5.02 Å². The Morgan fingerprint density at radius 1 is 1.00 bits per heavy atom. The fourth-order valence-electron chi connectivity index (χ4n) is 1.44. The summed E-state index contributed by atoms with van der Waals surface area (Å²) in [7, 11) is -3.96. The van der Waals surface area contributed by atoms with Crippen molar-refractivity contribution in [3.63, 3.8) is 0 Å². The van der Waals surface area contributed by atoms with E-state index in [1.807, 2.05) is 0 Å². The monoisotopic (exact) mass is 321 g/mol. The molecule has 0 atom stereocenters. The molecule has 20 heavy (non-hydrogen) atoms. The van der Waals surface area contributed by atoms with Gasteiger partial charge < -0.3 is 0 Å². The smallest absolute Gasteiger partial charge is 0.244 e. The van der Waals surface area contributed by atoms with Crippen LogP contribution in [0.1, 0.15) is 5.56 Å². The SMILES string of the molecule is O=S(=O)(c1ccc(Cl)cc1)c1ccc(C(F)(F)F)cn1. The third-order valence-corrected chi connectivity index (χ3v) is 4.40. The van der Waals surface area contributed by atoms with Gasteiger partial charge in [0.25, 0.3) is 0 Å². The van der Waals surface area contributed by atoms with Crippen molar-refractivity contribution < 1.29 is 21.6 Å². The summed E-state index contributed by atoms with van der Waals surface area (Å²) in [5.74, 6) is 0. The Morgan fingerprint density at radius 3 is 2.05 bits per heavy atom. The molecule has 2 rings (SSSR count). The Labute approximate surface area is 117 Å². The number of sulfone groups is 1. The van der Waals surface area contributed by atoms with Crippen LogP contribution in [0.5, 0.6) is 0 Å². The Bertz CT molecular complexity index is 710. The minimum absolute atomic E-state index is 0.0887. The van der Waals surface area contributed by atoms with Gasteiger partial charge in [-0.2, -0.15) is 13.2 Å². The topological polar surface area (TPSA) is 47.0 Å². The highest BCUT2D eigenvalue weighted by atomic mass is 35.5. The summed E-state index contributed by atoms with van der Waals surface area (Å²) in [6, 6.07) is 6.77. The number of hydrogen-bond acceptors (Lipinski definition) is 3. The molecule has 1 aromatic heterocycles. The lowest BCUT2D eigenvalue weighted by Crippen LogP contribution is -2.08. The van der Waals surface area contributed by atoms with Crippen LogP contribution >= 0.6 is 11.6 Å². The van der Waals surface area contributed by atoms with E-state index in [1.54, 1.807) is 0 Å². The molecule has 0 amide bonds. The summed E-state index contributed by atoms with van der Waals surface area (Å²) in [5.41, 5.74) is -1.01. The van der Waals surface area contributed by atoms with E-state index < -0.39 is 26.6 Å². The van der Waals surface area contributed by atoms with Gasteiger partial charge in [-0.3, -0.25) is 0 Å². The summed E-state index contributed by atoms with van der Waals surface area (Å²) in [6.45, 7) is 0. The zero-order chi connectivity index (χ0) is 15.0. The van der Waals surface area contributed by atoms with Crippen molar-refractivity contribution in [2.75, 3.05) is 0 Å². The number of rotatable bonds is 2. The molecule has 0 saturated carbocycles. The molecule has 0 bridgehead atoms. The Morgan fingerprint density at radius 2 is 1.60 bits per heavy atom. The maximum atomic E-state index is 12.4. The molecule has 0 N–H and O–H groups in total. The maximum Gasteiger partial charge on any atom is 0.417 e. The first kappa shape index (κ1) is 14.8. The van der Waals surface area contributed by atoms with Gasteiger partial charge in [0.1, 0.15) is 0 Å². The van der Waals surface area contributed by atoms with Gasteiger partial charge in [0.05, 0.1) is 10.5 Å². The Kier molecular flexibility index (Phi) is 3.75. The average Bonchev–Trinajstić information content (AvgIpc) is 2.38. The number of hydrogen-bond donors (Lipinski definition) is 0. The van der Waals surface area contributed by atoms with E-state index in [1.165, 1.54) is 24.3 Å². The minimum Gasteiger partial charge on any atom is -0.244 e. The first-order valence-electron chi connectivity index (χ1n) is 5.25. The lowest BCUT2D eigenvalue weighted by atomic mass is 10.3. The predicted octanol–water partition coefficient (Wildman–Crippen LogP) is 3.59. The van der Waals surface area contributed by atoms with Crippen molar-refractivity contribution in [3.05, 3.63) is 53.2 Å². The second-order valence-electron chi connectivity index (χ2n) is 3.84. The average molecular weight is 322 g/mol. The summed E-state index contributed by atoms with van der Waals surface area (Å²) in [5, 5.41) is -0.0999. The van der Waals surface area contributed by atoms with Crippen LogP contribution in [0.3, 0.4) is 0 Å². The summed E-state index contributed by atoms with van der Waals surface area (Å²) in [4.78, 5) is 3.29. The van der Waals surface area contributed by atoms with Crippen molar-refractivity contribution in [3.8, 4) is 0 Å². The van der Waals surface area contributed by atoms with Crippen molar-refractivity contribution in [1.82, 2.24) is 4.98 Å². The molecule has 0 unspecified atom stereocenters. The van der Waals surface area contributed by atoms with Gasteiger partial charge in [-0.1, -0.05) is 11.6 Å². The fourth-order valence-corrected chi connectivity index (χ4v) is 2.74. The zero-order valence-electron chi connectivity index (χ0n) is 9.73.